The molecule has 2 aromatic rings. The van der Waals surface area contributed by atoms with Gasteiger partial charge in [0, 0.05) is 31.8 Å². The number of nitrogens with zero attached hydrogens (tertiary/aromatic N) is 1. The van der Waals surface area contributed by atoms with Gasteiger partial charge in [0.2, 0.25) is 0 Å². The molecule has 0 aliphatic heterocycles. The van der Waals surface area contributed by atoms with Gasteiger partial charge in [-0.25, -0.2) is 0 Å². The lowest BCUT2D eigenvalue weighted by atomic mass is 10.2. The van der Waals surface area contributed by atoms with Crippen LogP contribution in [0.5, 0.6) is 5.75 Å². The van der Waals surface area contributed by atoms with Crippen molar-refractivity contribution in [1.82, 2.24) is 4.57 Å². The van der Waals surface area contributed by atoms with Crippen LogP contribution in [0.25, 0.3) is 10.9 Å². The van der Waals surface area contributed by atoms with Gasteiger partial charge in [0.05, 0.1) is 11.6 Å². The van der Waals surface area contributed by atoms with Crippen molar-refractivity contribution in [2.75, 3.05) is 13.7 Å². The second-order valence-electron chi connectivity index (χ2n) is 4.71. The Kier molecular flexibility index (Phi) is 4.26. The van der Waals surface area contributed by atoms with E-state index in [4.69, 9.17) is 9.47 Å². The molecule has 0 aliphatic carbocycles. The van der Waals surface area contributed by atoms with Gasteiger partial charge in [-0.1, -0.05) is 6.07 Å². The van der Waals surface area contributed by atoms with Gasteiger partial charge < -0.3 is 14.0 Å². The summed E-state index contributed by atoms with van der Waals surface area (Å²) in [6.07, 6.45) is 3.34. The van der Waals surface area contributed by atoms with E-state index < -0.39 is 0 Å². The number of benzene rings is 1. The second-order valence-corrected chi connectivity index (χ2v) is 4.71. The van der Waals surface area contributed by atoms with Crippen LogP contribution in [-0.4, -0.2) is 24.4 Å². The van der Waals surface area contributed by atoms with Crippen LogP contribution in [0.15, 0.2) is 30.5 Å². The van der Waals surface area contributed by atoms with Gasteiger partial charge in [0.15, 0.2) is 0 Å². The van der Waals surface area contributed by atoms with Crippen LogP contribution in [0.2, 0.25) is 0 Å². The van der Waals surface area contributed by atoms with Crippen molar-refractivity contribution in [3.8, 4) is 5.75 Å². The fourth-order valence-electron chi connectivity index (χ4n) is 2.13. The summed E-state index contributed by atoms with van der Waals surface area (Å²) in [6, 6.07) is 8.34. The second kappa shape index (κ2) is 5.91. The van der Waals surface area contributed by atoms with Gasteiger partial charge in [-0.05, 0) is 38.5 Å². The van der Waals surface area contributed by atoms with E-state index in [9.17, 15) is 0 Å². The van der Waals surface area contributed by atoms with Crippen molar-refractivity contribution in [1.29, 1.82) is 0 Å². The van der Waals surface area contributed by atoms with Gasteiger partial charge in [0.25, 0.3) is 0 Å². The van der Waals surface area contributed by atoms with E-state index in [1.807, 2.05) is 12.1 Å². The number of aromatic nitrogens is 1. The van der Waals surface area contributed by atoms with Crippen LogP contribution in [0.3, 0.4) is 0 Å². The van der Waals surface area contributed by atoms with Gasteiger partial charge >= 0.3 is 0 Å². The molecule has 2 rings (SSSR count). The summed E-state index contributed by atoms with van der Waals surface area (Å²) >= 11 is 0. The molecule has 1 aromatic heterocycles. The molecular weight excluding hydrogens is 226 g/mol. The van der Waals surface area contributed by atoms with Gasteiger partial charge in [-0.15, -0.1) is 0 Å². The summed E-state index contributed by atoms with van der Waals surface area (Å²) in [5, 5.41) is 1.18. The molecule has 98 valence electrons. The number of hydrogen-bond acceptors (Lipinski definition) is 2. The van der Waals surface area contributed by atoms with Crippen LogP contribution in [-0.2, 0) is 11.3 Å². The number of rotatable bonds is 6. The first-order chi connectivity index (χ1) is 8.72. The Labute approximate surface area is 108 Å². The minimum absolute atomic E-state index is 0.201. The molecule has 3 heteroatoms. The molecule has 0 fully saturated rings. The maximum Gasteiger partial charge on any atom is 0.129 e. The van der Waals surface area contributed by atoms with Crippen molar-refractivity contribution in [3.63, 3.8) is 0 Å². The van der Waals surface area contributed by atoms with Crippen LogP contribution in [0.1, 0.15) is 20.3 Å². The van der Waals surface area contributed by atoms with Crippen molar-refractivity contribution >= 4 is 10.9 Å². The summed E-state index contributed by atoms with van der Waals surface area (Å²) in [5.41, 5.74) is 1.23. The number of fused-ring (bicyclic) bond motifs is 1. The van der Waals surface area contributed by atoms with E-state index in [1.54, 1.807) is 7.11 Å². The SMILES string of the molecule is COCCCn1ccc2c(OC(C)C)cccc21. The Balaban J connectivity index is 2.24. The van der Waals surface area contributed by atoms with E-state index in [0.29, 0.717) is 0 Å². The lowest BCUT2D eigenvalue weighted by molar-refractivity contribution is 0.190. The Bertz CT molecular complexity index is 502. The van der Waals surface area contributed by atoms with Gasteiger partial charge in [-0.3, -0.25) is 0 Å². The predicted molar refractivity (Wildman–Crippen MR) is 74.2 cm³/mol. The fraction of sp³-hybridized carbons (Fsp3) is 0.467. The Morgan fingerprint density at radius 1 is 1.22 bits per heavy atom. The fourth-order valence-corrected chi connectivity index (χ4v) is 2.13. The summed E-state index contributed by atoms with van der Waals surface area (Å²) in [5.74, 6) is 0.966. The number of hydrogen-bond donors (Lipinski definition) is 0. The van der Waals surface area contributed by atoms with Gasteiger partial charge in [0.1, 0.15) is 5.75 Å². The molecule has 0 unspecified atom stereocenters. The third-order valence-corrected chi connectivity index (χ3v) is 2.88. The molecule has 0 radical (unpaired) electrons. The normalized spacial score (nSPS) is 11.3. The zero-order chi connectivity index (χ0) is 13.0. The molecular formula is C15H21NO2. The molecule has 0 aliphatic rings. The highest BCUT2D eigenvalue weighted by atomic mass is 16.5. The third-order valence-electron chi connectivity index (χ3n) is 2.88. The molecule has 0 atom stereocenters. The van der Waals surface area contributed by atoms with E-state index in [2.05, 4.69) is 36.7 Å². The topological polar surface area (TPSA) is 23.4 Å². The molecule has 1 aromatic carbocycles. The largest absolute Gasteiger partial charge is 0.490 e. The van der Waals surface area contributed by atoms with Crippen molar-refractivity contribution in [3.05, 3.63) is 30.5 Å². The highest BCUT2D eigenvalue weighted by molar-refractivity contribution is 5.86. The van der Waals surface area contributed by atoms with Crippen molar-refractivity contribution in [2.45, 2.75) is 32.9 Å². The molecule has 3 nitrogen and oxygen atoms in total. The minimum Gasteiger partial charge on any atom is -0.490 e. The van der Waals surface area contributed by atoms with Crippen molar-refractivity contribution in [2.24, 2.45) is 0 Å². The highest BCUT2D eigenvalue weighted by Crippen LogP contribution is 2.27. The van der Waals surface area contributed by atoms with E-state index in [0.717, 1.165) is 25.3 Å². The van der Waals surface area contributed by atoms with Gasteiger partial charge in [-0.2, -0.15) is 0 Å². The number of ether oxygens (including phenoxy) is 2. The average molecular weight is 247 g/mol. The first kappa shape index (κ1) is 13.0. The molecule has 0 amide bonds. The zero-order valence-electron chi connectivity index (χ0n) is 11.3. The highest BCUT2D eigenvalue weighted by Gasteiger charge is 2.07. The maximum absolute atomic E-state index is 5.83. The molecule has 0 spiro atoms. The maximum atomic E-state index is 5.83. The third kappa shape index (κ3) is 2.85. The molecule has 1 heterocycles. The minimum atomic E-state index is 0.201. The standard InChI is InChI=1S/C15H21NO2/c1-12(2)18-15-7-4-6-14-13(15)8-10-16(14)9-5-11-17-3/h4,6-8,10,12H,5,9,11H2,1-3H3. The molecule has 18 heavy (non-hydrogen) atoms. The average Bonchev–Trinajstić information content (AvgIpc) is 2.74. The van der Waals surface area contributed by atoms with E-state index in [1.165, 1.54) is 10.9 Å². The Hall–Kier alpha value is -1.48. The lowest BCUT2D eigenvalue weighted by Gasteiger charge is -2.11. The van der Waals surface area contributed by atoms with E-state index in [-0.39, 0.29) is 6.10 Å². The predicted octanol–water partition coefficient (Wildman–Crippen LogP) is 3.47. The summed E-state index contributed by atoms with van der Waals surface area (Å²) < 4.78 is 13.2. The molecule has 0 bridgehead atoms. The molecule has 0 saturated heterocycles. The summed E-state index contributed by atoms with van der Waals surface area (Å²) in [6.45, 7) is 5.87. The summed E-state index contributed by atoms with van der Waals surface area (Å²) in [4.78, 5) is 0. The Morgan fingerprint density at radius 2 is 2.06 bits per heavy atom. The van der Waals surface area contributed by atoms with Crippen LogP contribution < -0.4 is 4.74 Å². The van der Waals surface area contributed by atoms with Crippen LogP contribution >= 0.6 is 0 Å². The summed E-state index contributed by atoms with van der Waals surface area (Å²) in [7, 11) is 1.74. The van der Waals surface area contributed by atoms with Crippen LogP contribution in [0, 0.1) is 0 Å². The van der Waals surface area contributed by atoms with E-state index >= 15 is 0 Å². The monoisotopic (exact) mass is 247 g/mol. The van der Waals surface area contributed by atoms with Crippen LogP contribution in [0.4, 0.5) is 0 Å². The Morgan fingerprint density at radius 3 is 2.78 bits per heavy atom. The first-order valence-electron chi connectivity index (χ1n) is 6.46. The molecule has 0 N–H and O–H groups in total. The lowest BCUT2D eigenvalue weighted by Crippen LogP contribution is -2.05. The first-order valence-corrected chi connectivity index (χ1v) is 6.46. The number of aryl methyl sites for hydroxylation is 1. The zero-order valence-corrected chi connectivity index (χ0v) is 11.3. The smallest absolute Gasteiger partial charge is 0.129 e. The quantitative estimate of drug-likeness (QED) is 0.730. The molecule has 0 saturated carbocycles. The number of methoxy groups -OCH3 is 1. The van der Waals surface area contributed by atoms with Crippen molar-refractivity contribution < 1.29 is 9.47 Å².